The van der Waals surface area contributed by atoms with E-state index in [0.29, 0.717) is 0 Å². The lowest BCUT2D eigenvalue weighted by Gasteiger charge is -2.32. The highest BCUT2D eigenvalue weighted by Crippen LogP contribution is 2.23. The number of aromatic nitrogens is 1. The van der Waals surface area contributed by atoms with Crippen LogP contribution in [0.5, 0.6) is 0 Å². The minimum absolute atomic E-state index is 0.742. The molecule has 0 spiro atoms. The molecule has 3 nitrogen and oxygen atoms in total. The number of likely N-dealkylation sites (tertiary alicyclic amines) is 1. The molecule has 0 radical (unpaired) electrons. The molecule has 1 N–H and O–H groups in total. The van der Waals surface area contributed by atoms with Gasteiger partial charge in [0.05, 0.1) is 11.6 Å². The van der Waals surface area contributed by atoms with Crippen LogP contribution in [0, 0.1) is 17.2 Å². The Balaban J connectivity index is 1.24. The second-order valence-electron chi connectivity index (χ2n) is 8.14. The molecule has 1 saturated heterocycles. The van der Waals surface area contributed by atoms with Crippen LogP contribution < -0.4 is 0 Å². The zero-order valence-corrected chi connectivity index (χ0v) is 16.5. The SMILES string of the molecule is N#Cc1ccc2[nH]cc(CCCCN3CCC[C@@H](Cc4ccccc4)C3)c2c1. The van der Waals surface area contributed by atoms with Gasteiger partial charge in [-0.25, -0.2) is 0 Å². The molecule has 1 atom stereocenters. The standard InChI is InChI=1S/C25H29N3/c26-17-21-11-12-25-24(16-21)23(18-27-25)10-4-5-13-28-14-6-9-22(19-28)15-20-7-2-1-3-8-20/h1-3,7-8,11-12,16,18,22,27H,4-6,9-10,13-15,19H2/t22-/m0/s1. The number of aryl methyl sites for hydroxylation is 1. The van der Waals surface area contributed by atoms with Crippen molar-refractivity contribution in [2.45, 2.75) is 38.5 Å². The fourth-order valence-corrected chi connectivity index (χ4v) is 4.57. The van der Waals surface area contributed by atoms with E-state index >= 15 is 0 Å². The summed E-state index contributed by atoms with van der Waals surface area (Å²) in [6.07, 6.45) is 9.54. The number of piperidine rings is 1. The van der Waals surface area contributed by atoms with Gasteiger partial charge in [-0.3, -0.25) is 0 Å². The summed E-state index contributed by atoms with van der Waals surface area (Å²) in [5.41, 5.74) is 4.69. The third kappa shape index (κ3) is 4.64. The Kier molecular flexibility index (Phi) is 6.09. The number of hydrogen-bond acceptors (Lipinski definition) is 2. The molecule has 144 valence electrons. The van der Waals surface area contributed by atoms with Gasteiger partial charge in [0.25, 0.3) is 0 Å². The average molecular weight is 372 g/mol. The number of rotatable bonds is 7. The van der Waals surface area contributed by atoms with E-state index in [1.165, 1.54) is 68.3 Å². The lowest BCUT2D eigenvalue weighted by atomic mass is 9.91. The fraction of sp³-hybridized carbons (Fsp3) is 0.400. The minimum atomic E-state index is 0.742. The smallest absolute Gasteiger partial charge is 0.0991 e. The molecule has 1 aliphatic rings. The molecule has 3 aromatic rings. The summed E-state index contributed by atoms with van der Waals surface area (Å²) < 4.78 is 0. The summed E-state index contributed by atoms with van der Waals surface area (Å²) in [7, 11) is 0. The third-order valence-electron chi connectivity index (χ3n) is 6.04. The number of aromatic amines is 1. The minimum Gasteiger partial charge on any atom is -0.361 e. The molecule has 1 aromatic heterocycles. The highest BCUT2D eigenvalue weighted by atomic mass is 15.1. The topological polar surface area (TPSA) is 42.8 Å². The summed E-state index contributed by atoms with van der Waals surface area (Å²) in [6.45, 7) is 3.70. The van der Waals surface area contributed by atoms with Gasteiger partial charge in [0.2, 0.25) is 0 Å². The third-order valence-corrected chi connectivity index (χ3v) is 6.04. The van der Waals surface area contributed by atoms with Gasteiger partial charge in [0, 0.05) is 23.6 Å². The van der Waals surface area contributed by atoms with Crippen molar-refractivity contribution in [3.63, 3.8) is 0 Å². The molecule has 0 unspecified atom stereocenters. The van der Waals surface area contributed by atoms with Crippen LogP contribution in [-0.4, -0.2) is 29.5 Å². The van der Waals surface area contributed by atoms with Crippen LogP contribution in [0.4, 0.5) is 0 Å². The van der Waals surface area contributed by atoms with E-state index in [-0.39, 0.29) is 0 Å². The Morgan fingerprint density at radius 1 is 1.11 bits per heavy atom. The number of unbranched alkanes of at least 4 members (excludes halogenated alkanes) is 1. The average Bonchev–Trinajstić information content (AvgIpc) is 3.14. The first-order valence-corrected chi connectivity index (χ1v) is 10.6. The number of nitriles is 1. The quantitative estimate of drug-likeness (QED) is 0.571. The Labute approximate surface area is 168 Å². The highest BCUT2D eigenvalue weighted by Gasteiger charge is 2.19. The Morgan fingerprint density at radius 2 is 2.00 bits per heavy atom. The van der Waals surface area contributed by atoms with Gasteiger partial charge >= 0.3 is 0 Å². The Hall–Kier alpha value is -2.57. The van der Waals surface area contributed by atoms with Crippen molar-refractivity contribution < 1.29 is 0 Å². The fourth-order valence-electron chi connectivity index (χ4n) is 4.57. The summed E-state index contributed by atoms with van der Waals surface area (Å²) in [5.74, 6) is 0.800. The van der Waals surface area contributed by atoms with Gasteiger partial charge in [-0.1, -0.05) is 30.3 Å². The lowest BCUT2D eigenvalue weighted by molar-refractivity contribution is 0.171. The van der Waals surface area contributed by atoms with Crippen molar-refractivity contribution in [2.75, 3.05) is 19.6 Å². The number of fused-ring (bicyclic) bond motifs is 1. The molecule has 0 bridgehead atoms. The molecule has 3 heteroatoms. The largest absolute Gasteiger partial charge is 0.361 e. The summed E-state index contributed by atoms with van der Waals surface area (Å²) >= 11 is 0. The van der Waals surface area contributed by atoms with E-state index in [1.807, 2.05) is 18.2 Å². The molecule has 0 amide bonds. The molecular formula is C25H29N3. The second kappa shape index (κ2) is 9.08. The van der Waals surface area contributed by atoms with Crippen LogP contribution in [0.2, 0.25) is 0 Å². The van der Waals surface area contributed by atoms with Crippen LogP contribution in [0.1, 0.15) is 42.4 Å². The Morgan fingerprint density at radius 3 is 2.86 bits per heavy atom. The predicted octanol–water partition coefficient (Wildman–Crippen LogP) is 5.32. The van der Waals surface area contributed by atoms with E-state index < -0.39 is 0 Å². The van der Waals surface area contributed by atoms with Gasteiger partial charge in [0.15, 0.2) is 0 Å². The second-order valence-corrected chi connectivity index (χ2v) is 8.14. The monoisotopic (exact) mass is 371 g/mol. The maximum atomic E-state index is 9.13. The van der Waals surface area contributed by atoms with Gasteiger partial charge in [-0.05, 0) is 86.9 Å². The number of nitrogens with one attached hydrogen (secondary N) is 1. The van der Waals surface area contributed by atoms with Crippen LogP contribution in [0.15, 0.2) is 54.7 Å². The molecule has 1 fully saturated rings. The first kappa shape index (κ1) is 18.8. The molecule has 0 saturated carbocycles. The first-order chi connectivity index (χ1) is 13.8. The first-order valence-electron chi connectivity index (χ1n) is 10.6. The van der Waals surface area contributed by atoms with E-state index in [4.69, 9.17) is 5.26 Å². The highest BCUT2D eigenvalue weighted by molar-refractivity contribution is 5.84. The van der Waals surface area contributed by atoms with Crippen molar-refractivity contribution in [1.29, 1.82) is 5.26 Å². The van der Waals surface area contributed by atoms with Crippen molar-refractivity contribution in [1.82, 2.24) is 9.88 Å². The van der Waals surface area contributed by atoms with Gasteiger partial charge < -0.3 is 9.88 Å². The number of benzene rings is 2. The normalized spacial score (nSPS) is 17.6. The van der Waals surface area contributed by atoms with Crippen molar-refractivity contribution in [3.8, 4) is 6.07 Å². The zero-order valence-electron chi connectivity index (χ0n) is 16.5. The van der Waals surface area contributed by atoms with E-state index in [0.717, 1.165) is 23.4 Å². The van der Waals surface area contributed by atoms with E-state index in [1.54, 1.807) is 0 Å². The molecule has 2 aromatic carbocycles. The summed E-state index contributed by atoms with van der Waals surface area (Å²) in [6, 6.07) is 19.1. The maximum Gasteiger partial charge on any atom is 0.0991 e. The molecule has 1 aliphatic heterocycles. The summed E-state index contributed by atoms with van der Waals surface area (Å²) in [4.78, 5) is 6.01. The molecular weight excluding hydrogens is 342 g/mol. The van der Waals surface area contributed by atoms with E-state index in [9.17, 15) is 0 Å². The van der Waals surface area contributed by atoms with Gasteiger partial charge in [0.1, 0.15) is 0 Å². The number of hydrogen-bond donors (Lipinski definition) is 1. The summed E-state index contributed by atoms with van der Waals surface area (Å²) in [5, 5.41) is 10.3. The number of H-pyrrole nitrogens is 1. The predicted molar refractivity (Wildman–Crippen MR) is 115 cm³/mol. The van der Waals surface area contributed by atoms with Crippen LogP contribution in [0.3, 0.4) is 0 Å². The van der Waals surface area contributed by atoms with Crippen LogP contribution in [0.25, 0.3) is 10.9 Å². The van der Waals surface area contributed by atoms with Crippen molar-refractivity contribution in [3.05, 3.63) is 71.4 Å². The van der Waals surface area contributed by atoms with E-state index in [2.05, 4.69) is 52.5 Å². The molecule has 28 heavy (non-hydrogen) atoms. The molecule has 0 aliphatic carbocycles. The lowest BCUT2D eigenvalue weighted by Crippen LogP contribution is -2.36. The maximum absolute atomic E-state index is 9.13. The molecule has 4 rings (SSSR count). The van der Waals surface area contributed by atoms with Gasteiger partial charge in [-0.15, -0.1) is 0 Å². The zero-order chi connectivity index (χ0) is 19.2. The molecule has 2 heterocycles. The van der Waals surface area contributed by atoms with Crippen molar-refractivity contribution >= 4 is 10.9 Å². The van der Waals surface area contributed by atoms with Crippen molar-refractivity contribution in [2.24, 2.45) is 5.92 Å². The number of nitrogens with zero attached hydrogens (tertiary/aromatic N) is 2. The van der Waals surface area contributed by atoms with Crippen LogP contribution in [-0.2, 0) is 12.8 Å². The van der Waals surface area contributed by atoms with Gasteiger partial charge in [-0.2, -0.15) is 5.26 Å². The Bertz CT molecular complexity index is 935. The van der Waals surface area contributed by atoms with Crippen LogP contribution >= 0.6 is 0 Å².